The molecule has 0 aromatic heterocycles. The van der Waals surface area contributed by atoms with E-state index in [0.717, 1.165) is 24.2 Å². The molecule has 16 heavy (non-hydrogen) atoms. The molecule has 3 aliphatic rings. The lowest BCUT2D eigenvalue weighted by Crippen LogP contribution is -2.56. The Bertz CT molecular complexity index is 306. The van der Waals surface area contributed by atoms with E-state index in [-0.39, 0.29) is 0 Å². The van der Waals surface area contributed by atoms with Gasteiger partial charge in [0.25, 0.3) is 0 Å². The van der Waals surface area contributed by atoms with Gasteiger partial charge in [0.05, 0.1) is 22.9 Å². The topological polar surface area (TPSA) is 12.4 Å². The van der Waals surface area contributed by atoms with Crippen molar-refractivity contribution < 1.29 is 0 Å². The molecule has 0 amide bonds. The first-order valence-electron chi connectivity index (χ1n) is 6.41. The van der Waals surface area contributed by atoms with Crippen molar-refractivity contribution in [2.24, 2.45) is 26.4 Å². The molecule has 3 rings (SSSR count). The first-order chi connectivity index (χ1) is 7.61. The van der Waals surface area contributed by atoms with Crippen molar-refractivity contribution in [3.05, 3.63) is 12.7 Å². The van der Waals surface area contributed by atoms with E-state index in [1.165, 1.54) is 31.4 Å². The van der Waals surface area contributed by atoms with Gasteiger partial charge in [0, 0.05) is 11.6 Å². The average Bonchev–Trinajstić information content (AvgIpc) is 2.28. The summed E-state index contributed by atoms with van der Waals surface area (Å²) < 4.78 is 4.58. The van der Waals surface area contributed by atoms with E-state index in [0.29, 0.717) is 5.41 Å². The highest BCUT2D eigenvalue weighted by Gasteiger charge is 2.55. The molecule has 0 N–H and O–H groups in total. The molecule has 0 heterocycles. The van der Waals surface area contributed by atoms with Gasteiger partial charge in [-0.1, -0.05) is 19.9 Å². The van der Waals surface area contributed by atoms with Crippen molar-refractivity contribution in [2.75, 3.05) is 0 Å². The van der Waals surface area contributed by atoms with Gasteiger partial charge in [-0.25, -0.2) is 3.21 Å². The Kier molecular flexibility index (Phi) is 3.77. The molecule has 0 aliphatic heterocycles. The minimum atomic E-state index is 0.527. The zero-order valence-corrected chi connectivity index (χ0v) is 12.5. The Morgan fingerprint density at radius 3 is 2.81 bits per heavy atom. The van der Waals surface area contributed by atoms with Gasteiger partial charge in [-0.15, -0.1) is 6.58 Å². The van der Waals surface area contributed by atoms with Gasteiger partial charge in [0.1, 0.15) is 0 Å². The van der Waals surface area contributed by atoms with Gasteiger partial charge in [-0.2, -0.15) is 0 Å². The minimum absolute atomic E-state index is 0.527. The number of hydrogen-bond acceptors (Lipinski definition) is 1. The van der Waals surface area contributed by atoms with E-state index >= 15 is 0 Å². The third-order valence-corrected chi connectivity index (χ3v) is 5.43. The van der Waals surface area contributed by atoms with Gasteiger partial charge in [-0.3, -0.25) is 0 Å². The van der Waals surface area contributed by atoms with Gasteiger partial charge >= 0.3 is 0 Å². The van der Waals surface area contributed by atoms with Crippen LogP contribution in [-0.4, -0.2) is 5.71 Å². The molecule has 3 saturated carbocycles. The van der Waals surface area contributed by atoms with Gasteiger partial charge in [0.2, 0.25) is 0 Å². The number of hydrogen-bond donors (Lipinski definition) is 0. The number of nitrogens with zero attached hydrogens (tertiary/aromatic N) is 1. The largest absolute Gasteiger partial charge is 0.224 e. The molecule has 90 valence electrons. The summed E-state index contributed by atoms with van der Waals surface area (Å²) in [5.74, 6) is 2.50. The van der Waals surface area contributed by atoms with E-state index in [2.05, 4.69) is 46.5 Å². The van der Waals surface area contributed by atoms with E-state index in [1.807, 2.05) is 6.08 Å². The summed E-state index contributed by atoms with van der Waals surface area (Å²) >= 11 is 2.21. The van der Waals surface area contributed by atoms with Crippen LogP contribution in [0.1, 0.15) is 46.0 Å². The monoisotopic (exact) mass is 331 g/mol. The van der Waals surface area contributed by atoms with Crippen molar-refractivity contribution in [2.45, 2.75) is 46.0 Å². The number of unbranched alkanes of at least 4 members (excludes halogenated alkanes) is 1. The van der Waals surface area contributed by atoms with Crippen LogP contribution in [0.15, 0.2) is 15.9 Å². The third-order valence-electron chi connectivity index (χ3n) is 4.87. The number of allylic oxidation sites excluding steroid dienone is 1. The number of rotatable bonds is 4. The lowest BCUT2D eigenvalue weighted by atomic mass is 9.45. The van der Waals surface area contributed by atoms with E-state index in [9.17, 15) is 0 Å². The molecule has 0 saturated heterocycles. The molecule has 0 spiro atoms. The second kappa shape index (κ2) is 4.79. The van der Waals surface area contributed by atoms with Crippen molar-refractivity contribution in [3.63, 3.8) is 0 Å². The molecule has 1 nitrogen and oxygen atoms in total. The predicted molar refractivity (Wildman–Crippen MR) is 79.0 cm³/mol. The quantitative estimate of drug-likeness (QED) is 0.398. The molecular weight excluding hydrogens is 309 g/mol. The maximum Gasteiger partial charge on any atom is 0.0830 e. The Morgan fingerprint density at radius 2 is 2.25 bits per heavy atom. The summed E-state index contributed by atoms with van der Waals surface area (Å²) in [5.41, 5.74) is 2.04. The fourth-order valence-electron chi connectivity index (χ4n) is 3.57. The Hall–Kier alpha value is 0.140. The SMILES string of the molecule is C=CCCCC1C[C@H]2C[C@@H](/C1=N/I)C2(C)C. The molecular formula is C14H22IN. The van der Waals surface area contributed by atoms with E-state index < -0.39 is 0 Å². The molecule has 3 fully saturated rings. The zero-order valence-electron chi connectivity index (χ0n) is 10.4. The molecule has 0 radical (unpaired) electrons. The highest BCUT2D eigenvalue weighted by Crippen LogP contribution is 2.60. The Balaban J connectivity index is 2.00. The van der Waals surface area contributed by atoms with Crippen LogP contribution in [0.5, 0.6) is 0 Å². The van der Waals surface area contributed by atoms with Crippen molar-refractivity contribution in [3.8, 4) is 0 Å². The van der Waals surface area contributed by atoms with Crippen molar-refractivity contribution >= 4 is 28.6 Å². The fourth-order valence-corrected chi connectivity index (χ4v) is 4.30. The fraction of sp³-hybridized carbons (Fsp3) is 0.786. The summed E-state index contributed by atoms with van der Waals surface area (Å²) in [6.07, 6.45) is 8.56. The van der Waals surface area contributed by atoms with Crippen LogP contribution in [0.3, 0.4) is 0 Å². The molecule has 2 bridgehead atoms. The van der Waals surface area contributed by atoms with Crippen molar-refractivity contribution in [1.29, 1.82) is 0 Å². The summed E-state index contributed by atoms with van der Waals surface area (Å²) in [7, 11) is 0. The molecule has 0 aromatic rings. The molecule has 1 unspecified atom stereocenters. The summed E-state index contributed by atoms with van der Waals surface area (Å²) in [6.45, 7) is 8.65. The number of halogens is 1. The van der Waals surface area contributed by atoms with Crippen LogP contribution >= 0.6 is 22.9 Å². The van der Waals surface area contributed by atoms with Crippen LogP contribution < -0.4 is 0 Å². The van der Waals surface area contributed by atoms with Crippen LogP contribution in [0.2, 0.25) is 0 Å². The lowest BCUT2D eigenvalue weighted by molar-refractivity contribution is -0.0144. The predicted octanol–water partition coefficient (Wildman–Crippen LogP) is 4.82. The average molecular weight is 331 g/mol. The molecule has 0 aromatic carbocycles. The Labute approximate surface area is 113 Å². The smallest absolute Gasteiger partial charge is 0.0830 e. The minimum Gasteiger partial charge on any atom is -0.224 e. The summed E-state index contributed by atoms with van der Waals surface area (Å²) in [6, 6.07) is 0. The first-order valence-corrected chi connectivity index (χ1v) is 7.37. The highest BCUT2D eigenvalue weighted by atomic mass is 127. The second-order valence-electron chi connectivity index (χ2n) is 5.97. The van der Waals surface area contributed by atoms with E-state index in [4.69, 9.17) is 0 Å². The third kappa shape index (κ3) is 1.98. The van der Waals surface area contributed by atoms with Gasteiger partial charge < -0.3 is 0 Å². The van der Waals surface area contributed by atoms with Crippen LogP contribution in [-0.2, 0) is 0 Å². The van der Waals surface area contributed by atoms with Crippen LogP contribution in [0.25, 0.3) is 0 Å². The zero-order chi connectivity index (χ0) is 11.8. The second-order valence-corrected chi connectivity index (χ2v) is 6.45. The van der Waals surface area contributed by atoms with Crippen LogP contribution in [0.4, 0.5) is 0 Å². The maximum atomic E-state index is 4.58. The molecule has 3 atom stereocenters. The van der Waals surface area contributed by atoms with Gasteiger partial charge in [-0.05, 0) is 49.4 Å². The molecule has 3 aliphatic carbocycles. The first kappa shape index (κ1) is 12.6. The van der Waals surface area contributed by atoms with Crippen molar-refractivity contribution in [1.82, 2.24) is 0 Å². The van der Waals surface area contributed by atoms with Crippen LogP contribution in [0, 0.1) is 23.2 Å². The summed E-state index contributed by atoms with van der Waals surface area (Å²) in [4.78, 5) is 0. The lowest BCUT2D eigenvalue weighted by Gasteiger charge is -2.59. The Morgan fingerprint density at radius 1 is 1.50 bits per heavy atom. The standard InChI is InChI=1S/C14H22IN/c1-4-5-6-7-10-8-11-9-12(13(10)16-15)14(11,2)3/h4,10-12H,1,5-9H2,2-3H3/b16-13+/t10?,11-,12-/m0/s1. The highest BCUT2D eigenvalue weighted by molar-refractivity contribution is 14.1. The normalized spacial score (nSPS) is 38.2. The number of fused-ring (bicyclic) bond motifs is 2. The maximum absolute atomic E-state index is 4.58. The van der Waals surface area contributed by atoms with Gasteiger partial charge in [0.15, 0.2) is 0 Å². The summed E-state index contributed by atoms with van der Waals surface area (Å²) in [5, 5.41) is 0. The molecule has 2 heteroatoms. The van der Waals surface area contributed by atoms with E-state index in [1.54, 1.807) is 0 Å².